The Bertz CT molecular complexity index is 306. The van der Waals surface area contributed by atoms with E-state index in [1.807, 2.05) is 4.90 Å². The first kappa shape index (κ1) is 14.9. The summed E-state index contributed by atoms with van der Waals surface area (Å²) in [5, 5.41) is 14.9. The molecular weight excluding hydrogens is 234 g/mol. The van der Waals surface area contributed by atoms with Gasteiger partial charge in [0, 0.05) is 26.2 Å². The van der Waals surface area contributed by atoms with Crippen LogP contribution in [0.4, 0.5) is 0 Å². The number of nitrogens with zero attached hydrogens (tertiary/aromatic N) is 1. The van der Waals surface area contributed by atoms with Gasteiger partial charge in [0.2, 0.25) is 5.91 Å². The summed E-state index contributed by atoms with van der Waals surface area (Å²) < 4.78 is 0. The van der Waals surface area contributed by atoms with Gasteiger partial charge < -0.3 is 15.7 Å². The lowest BCUT2D eigenvalue weighted by molar-refractivity contribution is -0.145. The summed E-state index contributed by atoms with van der Waals surface area (Å²) in [6, 6.07) is -0.854. The molecule has 0 bridgehead atoms. The van der Waals surface area contributed by atoms with Gasteiger partial charge in [-0.1, -0.05) is 20.8 Å². The van der Waals surface area contributed by atoms with Crippen LogP contribution in [0.15, 0.2) is 0 Å². The van der Waals surface area contributed by atoms with Gasteiger partial charge in [0.05, 0.1) is 6.54 Å². The third-order valence-corrected chi connectivity index (χ3v) is 3.00. The number of carbonyl (C=O) groups is 2. The molecule has 6 heteroatoms. The number of piperazine rings is 1. The standard InChI is InChI=1S/C12H23N3O3/c1-12(2,3)10(11(17)18)14-9(16)8-15-6-4-13-5-7-15/h10,13H,4-8H2,1-3H3,(H,14,16)(H,17,18)/t10-/m1/s1. The summed E-state index contributed by atoms with van der Waals surface area (Å²) in [6.07, 6.45) is 0. The quantitative estimate of drug-likeness (QED) is 0.633. The normalized spacial score (nSPS) is 19.3. The maximum absolute atomic E-state index is 11.8. The summed E-state index contributed by atoms with van der Waals surface area (Å²) >= 11 is 0. The molecule has 0 aliphatic carbocycles. The van der Waals surface area contributed by atoms with Crippen LogP contribution in [0.25, 0.3) is 0 Å². The fourth-order valence-electron chi connectivity index (χ4n) is 1.93. The summed E-state index contributed by atoms with van der Waals surface area (Å²) in [4.78, 5) is 25.0. The van der Waals surface area contributed by atoms with E-state index in [0.717, 1.165) is 26.2 Å². The number of amides is 1. The van der Waals surface area contributed by atoms with Crippen LogP contribution in [-0.4, -0.2) is 60.6 Å². The molecule has 104 valence electrons. The number of carboxylic acids is 1. The molecule has 6 nitrogen and oxygen atoms in total. The smallest absolute Gasteiger partial charge is 0.326 e. The molecule has 1 fully saturated rings. The highest BCUT2D eigenvalue weighted by Gasteiger charge is 2.32. The van der Waals surface area contributed by atoms with Gasteiger partial charge in [-0.3, -0.25) is 9.69 Å². The number of carbonyl (C=O) groups excluding carboxylic acids is 1. The van der Waals surface area contributed by atoms with Gasteiger partial charge >= 0.3 is 5.97 Å². The van der Waals surface area contributed by atoms with Crippen LogP contribution >= 0.6 is 0 Å². The zero-order valence-corrected chi connectivity index (χ0v) is 11.3. The summed E-state index contributed by atoms with van der Waals surface area (Å²) in [5.74, 6) is -1.21. The van der Waals surface area contributed by atoms with E-state index in [1.165, 1.54) is 0 Å². The van der Waals surface area contributed by atoms with Crippen molar-refractivity contribution in [2.45, 2.75) is 26.8 Å². The number of rotatable bonds is 4. The van der Waals surface area contributed by atoms with Gasteiger partial charge in [0.15, 0.2) is 0 Å². The molecule has 1 atom stereocenters. The second kappa shape index (κ2) is 6.15. The Morgan fingerprint density at radius 2 is 1.89 bits per heavy atom. The predicted octanol–water partition coefficient (Wildman–Crippen LogP) is -0.493. The fraction of sp³-hybridized carbons (Fsp3) is 0.833. The lowest BCUT2D eigenvalue weighted by Crippen LogP contribution is -2.53. The van der Waals surface area contributed by atoms with E-state index in [-0.39, 0.29) is 12.5 Å². The van der Waals surface area contributed by atoms with Crippen molar-refractivity contribution in [3.8, 4) is 0 Å². The molecule has 0 unspecified atom stereocenters. The van der Waals surface area contributed by atoms with Crippen molar-refractivity contribution in [1.82, 2.24) is 15.5 Å². The maximum atomic E-state index is 11.8. The molecule has 0 aromatic rings. The molecule has 0 aromatic carbocycles. The second-order valence-electron chi connectivity index (χ2n) is 5.73. The van der Waals surface area contributed by atoms with Crippen molar-refractivity contribution in [3.63, 3.8) is 0 Å². The molecule has 1 saturated heterocycles. The van der Waals surface area contributed by atoms with E-state index in [4.69, 9.17) is 5.11 Å². The molecule has 1 rings (SSSR count). The molecule has 1 heterocycles. The first-order chi connectivity index (χ1) is 8.30. The molecule has 1 aliphatic heterocycles. The first-order valence-corrected chi connectivity index (χ1v) is 6.26. The highest BCUT2D eigenvalue weighted by molar-refractivity contribution is 5.85. The number of hydrogen-bond acceptors (Lipinski definition) is 4. The van der Waals surface area contributed by atoms with E-state index in [2.05, 4.69) is 10.6 Å². The van der Waals surface area contributed by atoms with Crippen molar-refractivity contribution in [3.05, 3.63) is 0 Å². The SMILES string of the molecule is CC(C)(C)[C@H](NC(=O)CN1CCNCC1)C(=O)O. The first-order valence-electron chi connectivity index (χ1n) is 6.26. The van der Waals surface area contributed by atoms with E-state index in [9.17, 15) is 9.59 Å². The molecular formula is C12H23N3O3. The molecule has 0 radical (unpaired) electrons. The lowest BCUT2D eigenvalue weighted by atomic mass is 9.87. The third-order valence-electron chi connectivity index (χ3n) is 3.00. The van der Waals surface area contributed by atoms with E-state index in [1.54, 1.807) is 20.8 Å². The van der Waals surface area contributed by atoms with Crippen molar-refractivity contribution in [1.29, 1.82) is 0 Å². The third kappa shape index (κ3) is 4.62. The van der Waals surface area contributed by atoms with E-state index in [0.29, 0.717) is 0 Å². The number of nitrogens with one attached hydrogen (secondary N) is 2. The van der Waals surface area contributed by atoms with Gasteiger partial charge in [-0.05, 0) is 5.41 Å². The average Bonchev–Trinajstić information content (AvgIpc) is 2.25. The van der Waals surface area contributed by atoms with Gasteiger partial charge in [-0.25, -0.2) is 4.79 Å². The molecule has 18 heavy (non-hydrogen) atoms. The zero-order chi connectivity index (χ0) is 13.8. The highest BCUT2D eigenvalue weighted by atomic mass is 16.4. The lowest BCUT2D eigenvalue weighted by Gasteiger charge is -2.30. The Morgan fingerprint density at radius 1 is 1.33 bits per heavy atom. The Morgan fingerprint density at radius 3 is 2.33 bits per heavy atom. The van der Waals surface area contributed by atoms with Crippen molar-refractivity contribution >= 4 is 11.9 Å². The highest BCUT2D eigenvalue weighted by Crippen LogP contribution is 2.19. The fourth-order valence-corrected chi connectivity index (χ4v) is 1.93. The van der Waals surface area contributed by atoms with Crippen molar-refractivity contribution in [2.24, 2.45) is 5.41 Å². The van der Waals surface area contributed by atoms with Crippen LogP contribution < -0.4 is 10.6 Å². The van der Waals surface area contributed by atoms with E-state index < -0.39 is 17.4 Å². The van der Waals surface area contributed by atoms with Gasteiger partial charge in [0.1, 0.15) is 6.04 Å². The largest absolute Gasteiger partial charge is 0.480 e. The Labute approximate surface area is 108 Å². The van der Waals surface area contributed by atoms with Crippen molar-refractivity contribution < 1.29 is 14.7 Å². The van der Waals surface area contributed by atoms with Crippen LogP contribution in [0.3, 0.4) is 0 Å². The predicted molar refractivity (Wildman–Crippen MR) is 68.3 cm³/mol. The summed E-state index contributed by atoms with van der Waals surface area (Å²) in [5.41, 5.74) is -0.495. The monoisotopic (exact) mass is 257 g/mol. The Hall–Kier alpha value is -1.14. The number of carboxylic acid groups (broad SMARTS) is 1. The minimum Gasteiger partial charge on any atom is -0.480 e. The van der Waals surface area contributed by atoms with Crippen molar-refractivity contribution in [2.75, 3.05) is 32.7 Å². The van der Waals surface area contributed by atoms with Crippen LogP contribution in [0.1, 0.15) is 20.8 Å². The molecule has 0 spiro atoms. The van der Waals surface area contributed by atoms with Crippen LogP contribution in [-0.2, 0) is 9.59 Å². The molecule has 0 saturated carbocycles. The average molecular weight is 257 g/mol. The minimum atomic E-state index is -0.990. The van der Waals surface area contributed by atoms with Gasteiger partial charge in [-0.2, -0.15) is 0 Å². The minimum absolute atomic E-state index is 0.223. The molecule has 1 aliphatic rings. The number of hydrogen-bond donors (Lipinski definition) is 3. The number of aliphatic carboxylic acids is 1. The van der Waals surface area contributed by atoms with Crippen LogP contribution in [0, 0.1) is 5.41 Å². The molecule has 0 aromatic heterocycles. The Kier molecular flexibility index (Phi) is 5.10. The molecule has 3 N–H and O–H groups in total. The van der Waals surface area contributed by atoms with Crippen LogP contribution in [0.2, 0.25) is 0 Å². The van der Waals surface area contributed by atoms with E-state index >= 15 is 0 Å². The molecule has 1 amide bonds. The van der Waals surface area contributed by atoms with Gasteiger partial charge in [-0.15, -0.1) is 0 Å². The Balaban J connectivity index is 2.48. The summed E-state index contributed by atoms with van der Waals surface area (Å²) in [7, 11) is 0. The second-order valence-corrected chi connectivity index (χ2v) is 5.73. The zero-order valence-electron chi connectivity index (χ0n) is 11.3. The summed E-state index contributed by atoms with van der Waals surface area (Å²) in [6.45, 7) is 9.05. The topological polar surface area (TPSA) is 81.7 Å². The van der Waals surface area contributed by atoms with Gasteiger partial charge in [0.25, 0.3) is 0 Å². The van der Waals surface area contributed by atoms with Crippen LogP contribution in [0.5, 0.6) is 0 Å². The maximum Gasteiger partial charge on any atom is 0.326 e.